The Morgan fingerprint density at radius 1 is 0.906 bits per heavy atom. The molecule has 0 spiro atoms. The third-order valence-corrected chi connectivity index (χ3v) is 14.5. The van der Waals surface area contributed by atoms with E-state index in [0.717, 1.165) is 32.1 Å². The summed E-state index contributed by atoms with van der Waals surface area (Å²) in [6, 6.07) is -0.942. The van der Waals surface area contributed by atoms with Crippen LogP contribution in [0, 0.1) is 17.8 Å². The number of carbonyl (C=O) groups excluding carboxylic acids is 2. The number of methoxy groups -OCH3 is 1. The van der Waals surface area contributed by atoms with Gasteiger partial charge in [-0.25, -0.2) is 0 Å². The van der Waals surface area contributed by atoms with Gasteiger partial charge in [-0.15, -0.1) is 0 Å². The van der Waals surface area contributed by atoms with Crippen LogP contribution in [0.3, 0.4) is 0 Å². The van der Waals surface area contributed by atoms with Crippen LogP contribution >= 0.6 is 0 Å². The minimum atomic E-state index is -1.89. The van der Waals surface area contributed by atoms with Crippen molar-refractivity contribution < 1.29 is 63.5 Å². The van der Waals surface area contributed by atoms with E-state index in [0.29, 0.717) is 38.9 Å². The molecule has 3 saturated heterocycles. The van der Waals surface area contributed by atoms with Gasteiger partial charge in [0, 0.05) is 57.6 Å². The van der Waals surface area contributed by atoms with Crippen molar-refractivity contribution in [1.82, 2.24) is 15.1 Å². The number of esters is 1. The van der Waals surface area contributed by atoms with Crippen LogP contribution < -0.4 is 5.32 Å². The van der Waals surface area contributed by atoms with Gasteiger partial charge in [-0.3, -0.25) is 14.5 Å². The Balaban J connectivity index is 2.09. The number of ether oxygens (including phenoxy) is 6. The molecule has 0 aliphatic carbocycles. The molecular formula is C48H91N3O13. The first-order valence-corrected chi connectivity index (χ1v) is 24.4. The molecule has 1 amide bonds. The van der Waals surface area contributed by atoms with Crippen LogP contribution in [0.1, 0.15) is 147 Å². The Labute approximate surface area is 385 Å². The van der Waals surface area contributed by atoms with Gasteiger partial charge in [0.05, 0.1) is 41.5 Å². The number of carbonyl (C=O) groups is 2. The monoisotopic (exact) mass is 918 g/mol. The molecule has 64 heavy (non-hydrogen) atoms. The number of unbranched alkanes of at least 4 members (excludes halogenated alkanes) is 4. The third kappa shape index (κ3) is 15.0. The number of hydrogen-bond acceptors (Lipinski definition) is 15. The van der Waals surface area contributed by atoms with Crippen molar-refractivity contribution in [3.63, 3.8) is 0 Å². The molecule has 3 heterocycles. The highest BCUT2D eigenvalue weighted by Crippen LogP contribution is 2.40. The number of hydrogen-bond donors (Lipinski definition) is 6. The van der Waals surface area contributed by atoms with Crippen LogP contribution in [-0.2, 0) is 38.0 Å². The van der Waals surface area contributed by atoms with Crippen molar-refractivity contribution >= 4 is 11.9 Å². The van der Waals surface area contributed by atoms with Gasteiger partial charge in [-0.2, -0.15) is 0 Å². The highest BCUT2D eigenvalue weighted by molar-refractivity contribution is 5.75. The summed E-state index contributed by atoms with van der Waals surface area (Å²) < 4.78 is 38.0. The van der Waals surface area contributed by atoms with E-state index in [2.05, 4.69) is 17.1 Å². The van der Waals surface area contributed by atoms with Gasteiger partial charge >= 0.3 is 5.97 Å². The average molecular weight is 918 g/mol. The van der Waals surface area contributed by atoms with Crippen molar-refractivity contribution in [3.05, 3.63) is 0 Å². The Morgan fingerprint density at radius 2 is 1.56 bits per heavy atom. The Morgan fingerprint density at radius 3 is 2.17 bits per heavy atom. The third-order valence-electron chi connectivity index (χ3n) is 14.5. The van der Waals surface area contributed by atoms with Crippen molar-refractivity contribution in [2.45, 2.75) is 237 Å². The van der Waals surface area contributed by atoms with Crippen molar-refractivity contribution in [2.24, 2.45) is 17.8 Å². The second-order valence-corrected chi connectivity index (χ2v) is 20.6. The number of nitrogens with zero attached hydrogens (tertiary/aromatic N) is 2. The van der Waals surface area contributed by atoms with E-state index in [1.807, 2.05) is 46.7 Å². The predicted molar refractivity (Wildman–Crippen MR) is 244 cm³/mol. The average Bonchev–Trinajstić information content (AvgIpc) is 3.22. The lowest BCUT2D eigenvalue weighted by Crippen LogP contribution is -2.60. The van der Waals surface area contributed by atoms with Gasteiger partial charge < -0.3 is 64.2 Å². The molecule has 16 heteroatoms. The molecule has 18 atom stereocenters. The topological polar surface area (TPSA) is 209 Å². The zero-order valence-corrected chi connectivity index (χ0v) is 42.0. The van der Waals surface area contributed by atoms with E-state index in [9.17, 15) is 35.1 Å². The van der Waals surface area contributed by atoms with E-state index in [1.54, 1.807) is 34.6 Å². The van der Waals surface area contributed by atoms with Gasteiger partial charge in [-0.1, -0.05) is 53.4 Å². The molecule has 0 saturated carbocycles. The number of aliphatic hydroxyl groups is 5. The first kappa shape index (κ1) is 56.8. The fourth-order valence-corrected chi connectivity index (χ4v) is 10.4. The summed E-state index contributed by atoms with van der Waals surface area (Å²) in [7, 11) is 5.27. The van der Waals surface area contributed by atoms with E-state index in [1.165, 1.54) is 14.0 Å². The Bertz CT molecular complexity index is 1410. The molecule has 3 fully saturated rings. The molecule has 0 bridgehead atoms. The SMILES string of the molecule is CCCCCCCC(=O)NCCCN1C[C@H](C)C[C@@](C)(O)C(O[C@H]2O[C@@H](C)C[C@@H](N(C)C)[C@@H]2O)[C@@H](C)[C@H](O[C@H]2C[C@@](C)(OC)[C@@H](O)[C@H](C)O2)[C@@H](C)C(=O)O[C@H](CC)[C@@](C)(O)[C@H](O)[C@H]1C. The number of nitrogens with one attached hydrogen (secondary N) is 1. The lowest BCUT2D eigenvalue weighted by molar-refractivity contribution is -0.318. The quantitative estimate of drug-likeness (QED) is 0.0896. The van der Waals surface area contributed by atoms with Gasteiger partial charge in [0.25, 0.3) is 0 Å². The molecule has 3 aliphatic rings. The molecular weight excluding hydrogens is 827 g/mol. The van der Waals surface area contributed by atoms with Crippen LogP contribution in [0.4, 0.5) is 0 Å². The van der Waals surface area contributed by atoms with Crippen LogP contribution in [0.2, 0.25) is 0 Å². The van der Waals surface area contributed by atoms with E-state index in [-0.39, 0.29) is 43.2 Å². The molecule has 6 N–H and O–H groups in total. The predicted octanol–water partition coefficient (Wildman–Crippen LogP) is 4.14. The zero-order chi connectivity index (χ0) is 48.3. The molecule has 3 rings (SSSR count). The van der Waals surface area contributed by atoms with Crippen molar-refractivity contribution in [1.29, 1.82) is 0 Å². The van der Waals surface area contributed by atoms with Gasteiger partial charge in [-0.05, 0) is 101 Å². The van der Waals surface area contributed by atoms with Gasteiger partial charge in [0.15, 0.2) is 12.6 Å². The maximum absolute atomic E-state index is 14.5. The van der Waals surface area contributed by atoms with Crippen molar-refractivity contribution in [2.75, 3.05) is 40.8 Å². The lowest BCUT2D eigenvalue weighted by Gasteiger charge is -2.48. The number of cyclic esters (lactones) is 1. The van der Waals surface area contributed by atoms with Crippen LogP contribution in [0.25, 0.3) is 0 Å². The fourth-order valence-electron chi connectivity index (χ4n) is 10.4. The van der Waals surface area contributed by atoms with Crippen LogP contribution in [0.15, 0.2) is 0 Å². The smallest absolute Gasteiger partial charge is 0.311 e. The second-order valence-electron chi connectivity index (χ2n) is 20.6. The molecule has 16 nitrogen and oxygen atoms in total. The first-order valence-electron chi connectivity index (χ1n) is 24.4. The number of aliphatic hydroxyl groups excluding tert-OH is 3. The first-order chi connectivity index (χ1) is 29.8. The summed E-state index contributed by atoms with van der Waals surface area (Å²) in [6.45, 7) is 21.1. The highest BCUT2D eigenvalue weighted by atomic mass is 16.7. The number of rotatable bonds is 17. The molecule has 0 aromatic heterocycles. The van der Waals surface area contributed by atoms with E-state index in [4.69, 9.17) is 28.4 Å². The molecule has 376 valence electrons. The van der Waals surface area contributed by atoms with Gasteiger partial charge in [0.2, 0.25) is 5.91 Å². The Hall–Kier alpha value is -1.54. The summed E-state index contributed by atoms with van der Waals surface area (Å²) in [4.78, 5) is 31.2. The summed E-state index contributed by atoms with van der Waals surface area (Å²) >= 11 is 0. The summed E-state index contributed by atoms with van der Waals surface area (Å²) in [5, 5.41) is 62.8. The molecule has 0 aromatic rings. The van der Waals surface area contributed by atoms with Crippen LogP contribution in [0.5, 0.6) is 0 Å². The second kappa shape index (κ2) is 25.2. The zero-order valence-electron chi connectivity index (χ0n) is 42.0. The van der Waals surface area contributed by atoms with E-state index >= 15 is 0 Å². The highest BCUT2D eigenvalue weighted by Gasteiger charge is 2.53. The maximum atomic E-state index is 14.5. The van der Waals surface area contributed by atoms with Crippen molar-refractivity contribution in [3.8, 4) is 0 Å². The summed E-state index contributed by atoms with van der Waals surface area (Å²) in [5.74, 6) is -2.78. The molecule has 0 radical (unpaired) electrons. The number of likely N-dealkylation sites (N-methyl/N-ethyl adjacent to an activating group) is 1. The summed E-state index contributed by atoms with van der Waals surface area (Å²) in [6.07, 6.45) is -2.44. The fraction of sp³-hybridized carbons (Fsp3) is 0.958. The molecule has 1 unspecified atom stereocenters. The Kier molecular flexibility index (Phi) is 22.3. The largest absolute Gasteiger partial charge is 0.459 e. The minimum Gasteiger partial charge on any atom is -0.459 e. The van der Waals surface area contributed by atoms with E-state index < -0.39 is 96.0 Å². The number of amides is 1. The van der Waals surface area contributed by atoms with Gasteiger partial charge in [0.1, 0.15) is 30.0 Å². The summed E-state index contributed by atoms with van der Waals surface area (Å²) in [5.41, 5.74) is -4.56. The normalized spacial score (nSPS) is 42.4. The van der Waals surface area contributed by atoms with Crippen LogP contribution in [-0.4, -0.2) is 178 Å². The minimum absolute atomic E-state index is 0.00602. The standard InChI is InChI=1S/C48H91N3O13/c1-15-17-18-19-20-22-37(52)49-23-21-24-51-28-29(3)26-46(9,57)43(64-45-39(53)35(50(12)13)25-30(4)60-45)31(5)40(63-38-27-47(10,59-14)42(55)34(8)61-38)32(6)44(56)62-36(16-2)48(11,58)41(54)33(51)7/h29-36,38-43,45,53-55,57-58H,15-28H2,1-14H3,(H,49,52)/t29-,30+,31+,32-,33-,34+,35-,36-,38+,39+,40+,41-,42+,43?,45-,46-,47-,48-/m1/s1. The maximum Gasteiger partial charge on any atom is 0.311 e. The molecule has 3 aliphatic heterocycles. The lowest BCUT2D eigenvalue weighted by atomic mass is 9.77. The molecule has 0 aromatic carbocycles.